The van der Waals surface area contributed by atoms with Crippen LogP contribution in [0.1, 0.15) is 34.0 Å². The topological polar surface area (TPSA) is 50.8 Å². The van der Waals surface area contributed by atoms with E-state index < -0.39 is 0 Å². The van der Waals surface area contributed by atoms with Gasteiger partial charge in [-0.15, -0.1) is 0 Å². The Morgan fingerprint density at radius 1 is 1.21 bits per heavy atom. The molecule has 1 saturated heterocycles. The second kappa shape index (κ2) is 6.88. The Labute approximate surface area is 167 Å². The highest BCUT2D eigenvalue weighted by Crippen LogP contribution is 2.29. The van der Waals surface area contributed by atoms with Crippen molar-refractivity contribution in [2.75, 3.05) is 13.1 Å². The Kier molecular flexibility index (Phi) is 4.19. The van der Waals surface area contributed by atoms with Gasteiger partial charge in [-0.3, -0.25) is 4.79 Å². The molecule has 1 aromatic carbocycles. The van der Waals surface area contributed by atoms with E-state index >= 15 is 0 Å². The number of aromatic nitrogens is 2. The fraction of sp³-hybridized carbons (Fsp3) is 0.217. The van der Waals surface area contributed by atoms with E-state index in [1.807, 2.05) is 40.6 Å². The Hall–Kier alpha value is -3.41. The normalized spacial score (nSPS) is 16.6. The lowest BCUT2D eigenvalue weighted by Gasteiger charge is -2.15. The summed E-state index contributed by atoms with van der Waals surface area (Å²) in [6.45, 7) is 3.21. The Morgan fingerprint density at radius 2 is 2.10 bits per heavy atom. The van der Waals surface area contributed by atoms with Gasteiger partial charge in [-0.2, -0.15) is 0 Å². The number of carbonyl (C=O) groups is 1. The van der Waals surface area contributed by atoms with E-state index in [0.29, 0.717) is 18.8 Å². The van der Waals surface area contributed by atoms with Crippen molar-refractivity contribution in [2.45, 2.75) is 19.3 Å². The Balaban J connectivity index is 1.41. The molecule has 1 atom stereocenters. The molecule has 0 N–H and O–H groups in total. The number of aryl methyl sites for hydroxylation is 1. The number of pyridine rings is 1. The first-order chi connectivity index (χ1) is 14.1. The van der Waals surface area contributed by atoms with Crippen molar-refractivity contribution in [2.24, 2.45) is 0 Å². The summed E-state index contributed by atoms with van der Waals surface area (Å²) in [5, 5.41) is 0. The van der Waals surface area contributed by atoms with Crippen molar-refractivity contribution in [3.63, 3.8) is 0 Å². The quantitative estimate of drug-likeness (QED) is 0.512. The van der Waals surface area contributed by atoms with Gasteiger partial charge in [-0.25, -0.2) is 9.37 Å². The second-order valence-corrected chi connectivity index (χ2v) is 7.57. The zero-order valence-electron chi connectivity index (χ0n) is 16.0. The SMILES string of the molecule is Cc1cc(-c2ccoc2)cn2cc(C(=O)N3CCC(c4cccc(F)c4)C3)nc12. The molecule has 1 amide bonds. The van der Waals surface area contributed by atoms with Crippen LogP contribution in [0.4, 0.5) is 4.39 Å². The molecule has 0 saturated carbocycles. The molecule has 3 aromatic heterocycles. The van der Waals surface area contributed by atoms with E-state index in [9.17, 15) is 9.18 Å². The van der Waals surface area contributed by atoms with Crippen molar-refractivity contribution in [3.8, 4) is 11.1 Å². The van der Waals surface area contributed by atoms with Crippen LogP contribution in [0.2, 0.25) is 0 Å². The molecule has 0 spiro atoms. The van der Waals surface area contributed by atoms with Crippen molar-refractivity contribution < 1.29 is 13.6 Å². The van der Waals surface area contributed by atoms with Crippen molar-refractivity contribution >= 4 is 11.6 Å². The van der Waals surface area contributed by atoms with Crippen molar-refractivity contribution in [1.29, 1.82) is 0 Å². The predicted octanol–water partition coefficient (Wildman–Crippen LogP) is 4.67. The fourth-order valence-corrected chi connectivity index (χ4v) is 4.10. The highest BCUT2D eigenvalue weighted by atomic mass is 19.1. The zero-order valence-corrected chi connectivity index (χ0v) is 16.0. The number of fused-ring (bicyclic) bond motifs is 1. The van der Waals surface area contributed by atoms with Crippen LogP contribution < -0.4 is 0 Å². The lowest BCUT2D eigenvalue weighted by atomic mass is 9.98. The van der Waals surface area contributed by atoms with Gasteiger partial charge in [-0.05, 0) is 48.7 Å². The molecule has 0 aliphatic carbocycles. The summed E-state index contributed by atoms with van der Waals surface area (Å²) in [4.78, 5) is 19.4. The van der Waals surface area contributed by atoms with Gasteiger partial charge < -0.3 is 13.7 Å². The summed E-state index contributed by atoms with van der Waals surface area (Å²) in [6, 6.07) is 10.6. The minimum atomic E-state index is -0.239. The number of halogens is 1. The maximum Gasteiger partial charge on any atom is 0.274 e. The first-order valence-electron chi connectivity index (χ1n) is 9.65. The van der Waals surface area contributed by atoms with E-state index in [4.69, 9.17) is 4.42 Å². The predicted molar refractivity (Wildman–Crippen MR) is 107 cm³/mol. The average molecular weight is 389 g/mol. The number of hydrogen-bond donors (Lipinski definition) is 0. The molecular weight excluding hydrogens is 369 g/mol. The molecule has 5 rings (SSSR count). The molecular formula is C23H20FN3O2. The number of likely N-dealkylation sites (tertiary alicyclic amines) is 1. The summed E-state index contributed by atoms with van der Waals surface area (Å²) in [5.74, 6) is -0.172. The number of furan rings is 1. The summed E-state index contributed by atoms with van der Waals surface area (Å²) in [7, 11) is 0. The number of imidazole rings is 1. The number of carbonyl (C=O) groups excluding carboxylic acids is 1. The minimum absolute atomic E-state index is 0.0862. The molecule has 0 bridgehead atoms. The molecule has 4 heterocycles. The molecule has 1 aliphatic heterocycles. The lowest BCUT2D eigenvalue weighted by molar-refractivity contribution is 0.0785. The van der Waals surface area contributed by atoms with E-state index in [-0.39, 0.29) is 17.6 Å². The number of hydrogen-bond acceptors (Lipinski definition) is 3. The molecule has 146 valence electrons. The van der Waals surface area contributed by atoms with Crippen LogP contribution in [0.15, 0.2) is 65.7 Å². The average Bonchev–Trinajstić information content (AvgIpc) is 3.47. The molecule has 4 aromatic rings. The highest BCUT2D eigenvalue weighted by Gasteiger charge is 2.29. The largest absolute Gasteiger partial charge is 0.472 e. The van der Waals surface area contributed by atoms with Crippen LogP contribution in [0, 0.1) is 12.7 Å². The molecule has 0 radical (unpaired) electrons. The van der Waals surface area contributed by atoms with Crippen LogP contribution in [-0.2, 0) is 0 Å². The lowest BCUT2D eigenvalue weighted by Crippen LogP contribution is -2.28. The van der Waals surface area contributed by atoms with Crippen LogP contribution in [-0.4, -0.2) is 33.3 Å². The number of nitrogens with zero attached hydrogens (tertiary/aromatic N) is 3. The monoisotopic (exact) mass is 389 g/mol. The second-order valence-electron chi connectivity index (χ2n) is 7.57. The third-order valence-corrected chi connectivity index (χ3v) is 5.60. The maximum absolute atomic E-state index is 13.5. The fourth-order valence-electron chi connectivity index (χ4n) is 4.10. The van der Waals surface area contributed by atoms with Crippen molar-refractivity contribution in [1.82, 2.24) is 14.3 Å². The number of benzene rings is 1. The van der Waals surface area contributed by atoms with E-state index in [2.05, 4.69) is 4.98 Å². The van der Waals surface area contributed by atoms with Gasteiger partial charge in [0, 0.05) is 42.5 Å². The van der Waals surface area contributed by atoms with Crippen LogP contribution in [0.3, 0.4) is 0 Å². The van der Waals surface area contributed by atoms with E-state index in [1.54, 1.807) is 30.9 Å². The van der Waals surface area contributed by atoms with Crippen LogP contribution in [0.25, 0.3) is 16.8 Å². The standard InChI is InChI=1S/C23H20FN3O2/c1-15-9-19(18-6-8-29-14-18)12-27-13-21(25-22(15)27)23(28)26-7-5-17(11-26)16-3-2-4-20(24)10-16/h2-4,6,8-10,12-14,17H,5,7,11H2,1H3. The Bertz CT molecular complexity index is 1200. The molecule has 1 unspecified atom stereocenters. The molecule has 6 heteroatoms. The molecule has 5 nitrogen and oxygen atoms in total. The van der Waals surface area contributed by atoms with E-state index in [0.717, 1.165) is 34.3 Å². The summed E-state index contributed by atoms with van der Waals surface area (Å²) in [5.41, 5.74) is 5.11. The van der Waals surface area contributed by atoms with Gasteiger partial charge in [-0.1, -0.05) is 12.1 Å². The summed E-state index contributed by atoms with van der Waals surface area (Å²) < 4.78 is 20.6. The molecule has 29 heavy (non-hydrogen) atoms. The van der Waals surface area contributed by atoms with Crippen LogP contribution >= 0.6 is 0 Å². The minimum Gasteiger partial charge on any atom is -0.472 e. The number of amides is 1. The van der Waals surface area contributed by atoms with Crippen molar-refractivity contribution in [3.05, 3.63) is 84.0 Å². The van der Waals surface area contributed by atoms with Gasteiger partial charge in [0.1, 0.15) is 17.2 Å². The molecule has 1 aliphatic rings. The smallest absolute Gasteiger partial charge is 0.274 e. The van der Waals surface area contributed by atoms with Gasteiger partial charge >= 0.3 is 0 Å². The zero-order chi connectivity index (χ0) is 20.0. The van der Waals surface area contributed by atoms with Gasteiger partial charge in [0.25, 0.3) is 5.91 Å². The molecule has 1 fully saturated rings. The van der Waals surface area contributed by atoms with Gasteiger partial charge in [0.2, 0.25) is 0 Å². The van der Waals surface area contributed by atoms with Gasteiger partial charge in [0.05, 0.1) is 12.5 Å². The maximum atomic E-state index is 13.5. The number of rotatable bonds is 3. The third-order valence-electron chi connectivity index (χ3n) is 5.60. The first kappa shape index (κ1) is 17.7. The first-order valence-corrected chi connectivity index (χ1v) is 9.65. The summed E-state index contributed by atoms with van der Waals surface area (Å²) in [6.07, 6.45) is 7.90. The Morgan fingerprint density at radius 3 is 2.90 bits per heavy atom. The van der Waals surface area contributed by atoms with Gasteiger partial charge in [0.15, 0.2) is 0 Å². The summed E-state index contributed by atoms with van der Waals surface area (Å²) >= 11 is 0. The van der Waals surface area contributed by atoms with Crippen LogP contribution in [0.5, 0.6) is 0 Å². The highest BCUT2D eigenvalue weighted by molar-refractivity contribution is 5.93. The third kappa shape index (κ3) is 3.20. The van der Waals surface area contributed by atoms with E-state index in [1.165, 1.54) is 6.07 Å².